The van der Waals surface area contributed by atoms with Crippen molar-refractivity contribution in [3.63, 3.8) is 0 Å². The maximum Gasteiger partial charge on any atom is 0.0856 e. The molecule has 1 aliphatic rings. The highest BCUT2D eigenvalue weighted by molar-refractivity contribution is 4.80. The number of aliphatic hydroxyl groups is 3. The molecule has 0 radical (unpaired) electrons. The van der Waals surface area contributed by atoms with Gasteiger partial charge in [0, 0.05) is 26.2 Å². The molecule has 1 rings (SSSR count). The van der Waals surface area contributed by atoms with Crippen LogP contribution in [-0.2, 0) is 0 Å². The van der Waals surface area contributed by atoms with E-state index in [4.69, 9.17) is 21.1 Å². The smallest absolute Gasteiger partial charge is 0.0856 e. The highest BCUT2D eigenvalue weighted by Gasteiger charge is 2.20. The first-order valence-corrected chi connectivity index (χ1v) is 4.71. The van der Waals surface area contributed by atoms with Crippen molar-refractivity contribution in [2.45, 2.75) is 5.54 Å². The van der Waals surface area contributed by atoms with E-state index in [-0.39, 0.29) is 0 Å². The molecule has 0 aromatic heterocycles. The van der Waals surface area contributed by atoms with Crippen LogP contribution < -0.4 is 16.4 Å². The molecule has 7 N–H and O–H groups in total. The minimum atomic E-state index is -1.21. The van der Waals surface area contributed by atoms with E-state index in [0.717, 1.165) is 26.2 Å². The zero-order valence-corrected chi connectivity index (χ0v) is 8.37. The molecule has 1 saturated heterocycles. The molecule has 0 bridgehead atoms. The van der Waals surface area contributed by atoms with E-state index in [1.165, 1.54) is 0 Å². The Kier molecular flexibility index (Phi) is 7.96. The second-order valence-corrected chi connectivity index (χ2v) is 3.34. The largest absolute Gasteiger partial charge is 0.394 e. The fraction of sp³-hybridized carbons (Fsp3) is 1.00. The van der Waals surface area contributed by atoms with Crippen molar-refractivity contribution < 1.29 is 15.3 Å². The highest BCUT2D eigenvalue weighted by atomic mass is 16.3. The van der Waals surface area contributed by atoms with Gasteiger partial charge in [-0.25, -0.2) is 0 Å². The van der Waals surface area contributed by atoms with Crippen molar-refractivity contribution in [1.29, 1.82) is 0 Å². The Morgan fingerprint density at radius 2 is 1.14 bits per heavy atom. The average molecular weight is 207 g/mol. The van der Waals surface area contributed by atoms with Crippen LogP contribution >= 0.6 is 0 Å². The molecule has 6 heteroatoms. The number of piperazine rings is 1. The third-order valence-corrected chi connectivity index (χ3v) is 1.90. The van der Waals surface area contributed by atoms with Gasteiger partial charge in [0.2, 0.25) is 0 Å². The molecule has 0 spiro atoms. The Hall–Kier alpha value is -0.240. The van der Waals surface area contributed by atoms with Crippen LogP contribution in [0.15, 0.2) is 0 Å². The molecule has 0 aromatic carbocycles. The summed E-state index contributed by atoms with van der Waals surface area (Å²) in [6, 6.07) is 0. The van der Waals surface area contributed by atoms with Crippen LogP contribution in [0.1, 0.15) is 0 Å². The lowest BCUT2D eigenvalue weighted by Crippen LogP contribution is -2.50. The summed E-state index contributed by atoms with van der Waals surface area (Å²) in [5, 5.41) is 31.5. The molecule has 86 valence electrons. The van der Waals surface area contributed by atoms with E-state index >= 15 is 0 Å². The fourth-order valence-corrected chi connectivity index (χ4v) is 0.754. The van der Waals surface area contributed by atoms with Crippen molar-refractivity contribution in [3.8, 4) is 0 Å². The Labute approximate surface area is 84.1 Å². The summed E-state index contributed by atoms with van der Waals surface area (Å²) in [5.41, 5.74) is 3.94. The number of hydrogen-bond acceptors (Lipinski definition) is 6. The topological polar surface area (TPSA) is 111 Å². The highest BCUT2D eigenvalue weighted by Crippen LogP contribution is 1.93. The molecule has 1 aliphatic heterocycles. The lowest BCUT2D eigenvalue weighted by Gasteiger charge is -2.20. The van der Waals surface area contributed by atoms with E-state index in [0.29, 0.717) is 0 Å². The van der Waals surface area contributed by atoms with Gasteiger partial charge >= 0.3 is 0 Å². The SMILES string of the molecule is C1CNCCN1.NC(CO)(CO)CO. The Balaban J connectivity index is 0.000000249. The molecule has 1 fully saturated rings. The number of nitrogens with two attached hydrogens (primary N) is 1. The summed E-state index contributed by atoms with van der Waals surface area (Å²) in [6.07, 6.45) is 0. The van der Waals surface area contributed by atoms with Crippen molar-refractivity contribution in [1.82, 2.24) is 10.6 Å². The molecule has 0 aromatic rings. The van der Waals surface area contributed by atoms with E-state index in [1.54, 1.807) is 0 Å². The van der Waals surface area contributed by atoms with Gasteiger partial charge in [0.05, 0.1) is 25.4 Å². The first-order chi connectivity index (χ1) is 6.68. The molecule has 0 atom stereocenters. The van der Waals surface area contributed by atoms with Gasteiger partial charge in [-0.05, 0) is 0 Å². The normalized spacial score (nSPS) is 17.1. The van der Waals surface area contributed by atoms with Crippen molar-refractivity contribution in [2.24, 2.45) is 5.73 Å². The number of aliphatic hydroxyl groups excluding tert-OH is 3. The molecule has 0 aliphatic carbocycles. The molecular formula is C8H21N3O3. The third-order valence-electron chi connectivity index (χ3n) is 1.90. The van der Waals surface area contributed by atoms with Crippen LogP contribution in [0.5, 0.6) is 0 Å². The molecule has 0 amide bonds. The summed E-state index contributed by atoms with van der Waals surface area (Å²) < 4.78 is 0. The van der Waals surface area contributed by atoms with Crippen molar-refractivity contribution in [2.75, 3.05) is 46.0 Å². The maximum absolute atomic E-state index is 8.34. The second kappa shape index (κ2) is 8.10. The van der Waals surface area contributed by atoms with Crippen LogP contribution in [0.25, 0.3) is 0 Å². The van der Waals surface area contributed by atoms with Crippen LogP contribution in [-0.4, -0.2) is 66.9 Å². The Morgan fingerprint density at radius 3 is 1.21 bits per heavy atom. The quantitative estimate of drug-likeness (QED) is 0.291. The van der Waals surface area contributed by atoms with Gasteiger partial charge in [0.1, 0.15) is 0 Å². The first kappa shape index (κ1) is 13.8. The van der Waals surface area contributed by atoms with Crippen LogP contribution in [0.3, 0.4) is 0 Å². The van der Waals surface area contributed by atoms with Gasteiger partial charge in [0.25, 0.3) is 0 Å². The van der Waals surface area contributed by atoms with Gasteiger partial charge in [-0.3, -0.25) is 0 Å². The van der Waals surface area contributed by atoms with Crippen molar-refractivity contribution in [3.05, 3.63) is 0 Å². The minimum absolute atomic E-state index is 0.403. The van der Waals surface area contributed by atoms with Crippen LogP contribution in [0, 0.1) is 0 Å². The molecule has 14 heavy (non-hydrogen) atoms. The minimum Gasteiger partial charge on any atom is -0.394 e. The van der Waals surface area contributed by atoms with Crippen LogP contribution in [0.2, 0.25) is 0 Å². The van der Waals surface area contributed by atoms with Gasteiger partial charge in [-0.15, -0.1) is 0 Å². The van der Waals surface area contributed by atoms with Gasteiger partial charge < -0.3 is 31.7 Å². The first-order valence-electron chi connectivity index (χ1n) is 4.71. The monoisotopic (exact) mass is 207 g/mol. The molecule has 1 heterocycles. The number of rotatable bonds is 3. The summed E-state index contributed by atoms with van der Waals surface area (Å²) in [7, 11) is 0. The Bertz CT molecular complexity index is 107. The standard InChI is InChI=1S/C4H10N2.C4H11NO3/c1-2-6-4-3-5-1;5-4(1-6,2-7)3-8/h5-6H,1-4H2;6-8H,1-3,5H2. The summed E-state index contributed by atoms with van der Waals surface area (Å²) >= 11 is 0. The predicted molar refractivity (Wildman–Crippen MR) is 53.9 cm³/mol. The molecule has 6 nitrogen and oxygen atoms in total. The van der Waals surface area contributed by atoms with E-state index in [2.05, 4.69) is 10.6 Å². The lowest BCUT2D eigenvalue weighted by atomic mass is 10.1. The summed E-state index contributed by atoms with van der Waals surface area (Å²) in [4.78, 5) is 0. The number of hydrogen-bond donors (Lipinski definition) is 6. The van der Waals surface area contributed by atoms with Crippen LogP contribution in [0.4, 0.5) is 0 Å². The summed E-state index contributed by atoms with van der Waals surface area (Å²) in [6.45, 7) is 3.35. The number of nitrogens with one attached hydrogen (secondary N) is 2. The molecule has 0 unspecified atom stereocenters. The average Bonchev–Trinajstić information content (AvgIpc) is 2.31. The third kappa shape index (κ3) is 6.25. The Morgan fingerprint density at radius 1 is 0.857 bits per heavy atom. The van der Waals surface area contributed by atoms with E-state index in [9.17, 15) is 0 Å². The van der Waals surface area contributed by atoms with Gasteiger partial charge in [-0.2, -0.15) is 0 Å². The van der Waals surface area contributed by atoms with E-state index in [1.807, 2.05) is 0 Å². The lowest BCUT2D eigenvalue weighted by molar-refractivity contribution is 0.0698. The zero-order valence-electron chi connectivity index (χ0n) is 8.37. The molecular weight excluding hydrogens is 186 g/mol. The summed E-state index contributed by atoms with van der Waals surface area (Å²) in [5.74, 6) is 0. The second-order valence-electron chi connectivity index (χ2n) is 3.34. The zero-order chi connectivity index (χ0) is 10.9. The van der Waals surface area contributed by atoms with Crippen molar-refractivity contribution >= 4 is 0 Å². The van der Waals surface area contributed by atoms with Gasteiger partial charge in [0.15, 0.2) is 0 Å². The maximum atomic E-state index is 8.34. The predicted octanol–water partition coefficient (Wildman–Crippen LogP) is -3.16. The fourth-order valence-electron chi connectivity index (χ4n) is 0.754. The molecule has 0 saturated carbocycles. The van der Waals surface area contributed by atoms with Gasteiger partial charge in [-0.1, -0.05) is 0 Å². The van der Waals surface area contributed by atoms with E-state index < -0.39 is 25.4 Å².